The highest BCUT2D eigenvalue weighted by atomic mass is 35.5. The molecule has 2 aromatic rings. The third-order valence-electron chi connectivity index (χ3n) is 4.40. The Hall–Kier alpha value is -1.62. The lowest BCUT2D eigenvalue weighted by molar-refractivity contribution is -0.131. The molecule has 2 rings (SSSR count). The molecule has 0 fully saturated rings. The quantitative estimate of drug-likeness (QED) is 0.562. The fourth-order valence-corrected chi connectivity index (χ4v) is 3.29. The van der Waals surface area contributed by atoms with Gasteiger partial charge in [-0.2, -0.15) is 0 Å². The van der Waals surface area contributed by atoms with E-state index in [1.54, 1.807) is 0 Å². The van der Waals surface area contributed by atoms with Gasteiger partial charge in [0.2, 0.25) is 0 Å². The Morgan fingerprint density at radius 2 is 1.52 bits per heavy atom. The van der Waals surface area contributed by atoms with E-state index < -0.39 is 0 Å². The molecule has 0 aliphatic heterocycles. The number of benzene rings is 1. The third kappa shape index (κ3) is 7.29. The normalized spacial score (nSPS) is 10.5. The van der Waals surface area contributed by atoms with Gasteiger partial charge in [-0.05, 0) is 42.7 Å². The van der Waals surface area contributed by atoms with Crippen LogP contribution in [0.2, 0.25) is 0 Å². The molecular weight excluding hydrogens is 407 g/mol. The topological polar surface area (TPSA) is 65.2 Å². The predicted octanol–water partition coefficient (Wildman–Crippen LogP) is 5.68. The minimum Gasteiger partial charge on any atom is -0.424 e. The molecule has 0 aliphatic carbocycles. The maximum absolute atomic E-state index is 11.9. The number of nitrogens with two attached hydrogens (primary N) is 1. The van der Waals surface area contributed by atoms with Crippen LogP contribution < -0.4 is 10.5 Å². The standard InChI is InChI=1S/C23H32N2O2.2ClH/c1-14(2)11-20-19(13-24)22(18-9-7-16(5)8-10-18)23(27-17(6)26)21(25-20)12-15(3)4;;/h7-10,14-15H,11-13,24H2,1-6H3;2*1H. The van der Waals surface area contributed by atoms with Crippen LogP contribution >= 0.6 is 24.8 Å². The van der Waals surface area contributed by atoms with Gasteiger partial charge in [-0.15, -0.1) is 24.8 Å². The number of esters is 1. The van der Waals surface area contributed by atoms with Gasteiger partial charge in [0.15, 0.2) is 5.75 Å². The molecule has 1 aromatic heterocycles. The zero-order valence-corrected chi connectivity index (χ0v) is 19.9. The lowest BCUT2D eigenvalue weighted by Gasteiger charge is -2.22. The van der Waals surface area contributed by atoms with E-state index in [0.29, 0.717) is 24.1 Å². The van der Waals surface area contributed by atoms with E-state index in [9.17, 15) is 4.79 Å². The largest absolute Gasteiger partial charge is 0.424 e. The highest BCUT2D eigenvalue weighted by molar-refractivity contribution is 5.85. The maximum atomic E-state index is 11.9. The van der Waals surface area contributed by atoms with Crippen LogP contribution in [-0.2, 0) is 24.2 Å². The predicted molar refractivity (Wildman–Crippen MR) is 125 cm³/mol. The molecule has 4 nitrogen and oxygen atoms in total. The second-order valence-electron chi connectivity index (χ2n) is 8.05. The molecule has 1 heterocycles. The van der Waals surface area contributed by atoms with Crippen molar-refractivity contribution in [3.63, 3.8) is 0 Å². The van der Waals surface area contributed by atoms with Crippen LogP contribution in [0.1, 0.15) is 57.1 Å². The van der Waals surface area contributed by atoms with Gasteiger partial charge < -0.3 is 10.5 Å². The second kappa shape index (κ2) is 12.2. The Bertz CT molecular complexity index is 804. The number of aryl methyl sites for hydroxylation is 1. The summed E-state index contributed by atoms with van der Waals surface area (Å²) in [6.45, 7) is 12.5. The SMILES string of the molecule is CC(=O)Oc1c(CC(C)C)nc(CC(C)C)c(CN)c1-c1ccc(C)cc1.Cl.Cl. The number of carbonyl (C=O) groups excluding carboxylic acids is 1. The van der Waals surface area contributed by atoms with E-state index in [2.05, 4.69) is 58.9 Å². The number of ether oxygens (including phenoxy) is 1. The highest BCUT2D eigenvalue weighted by Gasteiger charge is 2.23. The molecule has 0 saturated carbocycles. The fraction of sp³-hybridized carbons (Fsp3) is 0.478. The van der Waals surface area contributed by atoms with Crippen LogP contribution in [0.5, 0.6) is 5.75 Å². The van der Waals surface area contributed by atoms with Gasteiger partial charge in [0, 0.05) is 24.7 Å². The van der Waals surface area contributed by atoms with Gasteiger partial charge in [0.05, 0.1) is 5.69 Å². The smallest absolute Gasteiger partial charge is 0.308 e. The van der Waals surface area contributed by atoms with Crippen molar-refractivity contribution < 1.29 is 9.53 Å². The molecule has 0 bridgehead atoms. The van der Waals surface area contributed by atoms with Gasteiger partial charge in [0.1, 0.15) is 0 Å². The van der Waals surface area contributed by atoms with Gasteiger partial charge >= 0.3 is 5.97 Å². The Balaban J connectivity index is 0.00000392. The average molecular weight is 441 g/mol. The third-order valence-corrected chi connectivity index (χ3v) is 4.40. The zero-order chi connectivity index (χ0) is 20.1. The first-order chi connectivity index (χ1) is 12.7. The number of hydrogen-bond acceptors (Lipinski definition) is 4. The van der Waals surface area contributed by atoms with E-state index in [1.165, 1.54) is 12.5 Å². The lowest BCUT2D eigenvalue weighted by Crippen LogP contribution is -2.16. The molecule has 0 unspecified atom stereocenters. The van der Waals surface area contributed by atoms with Crippen molar-refractivity contribution in [2.45, 2.75) is 60.9 Å². The molecule has 2 N–H and O–H groups in total. The summed E-state index contributed by atoms with van der Waals surface area (Å²) in [5.41, 5.74) is 12.1. The van der Waals surface area contributed by atoms with Crippen LogP contribution in [0.3, 0.4) is 0 Å². The average Bonchev–Trinajstić information content (AvgIpc) is 2.56. The van der Waals surface area contributed by atoms with E-state index in [0.717, 1.165) is 40.9 Å². The van der Waals surface area contributed by atoms with E-state index >= 15 is 0 Å². The molecule has 1 aromatic carbocycles. The highest BCUT2D eigenvalue weighted by Crippen LogP contribution is 2.39. The summed E-state index contributed by atoms with van der Waals surface area (Å²) in [6, 6.07) is 8.26. The van der Waals surface area contributed by atoms with Gasteiger partial charge in [-0.25, -0.2) is 0 Å². The molecule has 0 amide bonds. The molecule has 6 heteroatoms. The molecule has 0 aliphatic rings. The molecule has 0 saturated heterocycles. The summed E-state index contributed by atoms with van der Waals surface area (Å²) < 4.78 is 5.71. The molecule has 0 atom stereocenters. The van der Waals surface area contributed by atoms with E-state index in [4.69, 9.17) is 15.5 Å². The summed E-state index contributed by atoms with van der Waals surface area (Å²) in [4.78, 5) is 16.8. The van der Waals surface area contributed by atoms with Gasteiger partial charge in [-0.1, -0.05) is 57.5 Å². The van der Waals surface area contributed by atoms with Gasteiger partial charge in [0.25, 0.3) is 0 Å². The van der Waals surface area contributed by atoms with Crippen molar-refractivity contribution in [2.24, 2.45) is 17.6 Å². The van der Waals surface area contributed by atoms with Crippen molar-refractivity contribution in [3.05, 3.63) is 46.8 Å². The summed E-state index contributed by atoms with van der Waals surface area (Å²) in [6.07, 6.45) is 1.59. The first-order valence-corrected chi connectivity index (χ1v) is 9.73. The minimum absolute atomic E-state index is 0. The first-order valence-electron chi connectivity index (χ1n) is 9.73. The van der Waals surface area contributed by atoms with E-state index in [-0.39, 0.29) is 30.8 Å². The molecule has 0 radical (unpaired) electrons. The Labute approximate surface area is 187 Å². The van der Waals surface area contributed by atoms with Crippen LogP contribution in [0, 0.1) is 18.8 Å². The Morgan fingerprint density at radius 3 is 1.97 bits per heavy atom. The number of nitrogens with zero attached hydrogens (tertiary/aromatic N) is 1. The maximum Gasteiger partial charge on any atom is 0.308 e. The van der Waals surface area contributed by atoms with Crippen LogP contribution in [-0.4, -0.2) is 11.0 Å². The molecule has 0 spiro atoms. The Morgan fingerprint density at radius 1 is 1.00 bits per heavy atom. The number of carbonyl (C=O) groups is 1. The van der Waals surface area contributed by atoms with Crippen molar-refractivity contribution >= 4 is 30.8 Å². The lowest BCUT2D eigenvalue weighted by atomic mass is 9.91. The molecule has 29 heavy (non-hydrogen) atoms. The zero-order valence-electron chi connectivity index (χ0n) is 18.2. The van der Waals surface area contributed by atoms with Crippen LogP contribution in [0.25, 0.3) is 11.1 Å². The summed E-state index contributed by atoms with van der Waals surface area (Å²) in [5, 5.41) is 0. The first kappa shape index (κ1) is 27.4. The Kier molecular flexibility index (Phi) is 11.5. The fourth-order valence-electron chi connectivity index (χ4n) is 3.29. The molecule has 162 valence electrons. The summed E-state index contributed by atoms with van der Waals surface area (Å²) in [5.74, 6) is 1.08. The monoisotopic (exact) mass is 440 g/mol. The van der Waals surface area contributed by atoms with Crippen molar-refractivity contribution in [1.82, 2.24) is 4.98 Å². The van der Waals surface area contributed by atoms with Crippen LogP contribution in [0.4, 0.5) is 0 Å². The second-order valence-corrected chi connectivity index (χ2v) is 8.05. The van der Waals surface area contributed by atoms with Crippen LogP contribution in [0.15, 0.2) is 24.3 Å². The number of halogens is 2. The minimum atomic E-state index is -0.338. The summed E-state index contributed by atoms with van der Waals surface area (Å²) in [7, 11) is 0. The summed E-state index contributed by atoms with van der Waals surface area (Å²) >= 11 is 0. The molecular formula is C23H34Cl2N2O2. The van der Waals surface area contributed by atoms with Crippen molar-refractivity contribution in [2.75, 3.05) is 0 Å². The van der Waals surface area contributed by atoms with Crippen molar-refractivity contribution in [3.8, 4) is 16.9 Å². The number of rotatable bonds is 7. The number of pyridine rings is 1. The van der Waals surface area contributed by atoms with Gasteiger partial charge in [-0.3, -0.25) is 9.78 Å². The number of aromatic nitrogens is 1. The number of hydrogen-bond donors (Lipinski definition) is 1. The van der Waals surface area contributed by atoms with E-state index in [1.807, 2.05) is 0 Å². The van der Waals surface area contributed by atoms with Crippen molar-refractivity contribution in [1.29, 1.82) is 0 Å².